The van der Waals surface area contributed by atoms with Crippen molar-refractivity contribution >= 4 is 17.4 Å². The number of hydrogen-bond donors (Lipinski definition) is 0. The van der Waals surface area contributed by atoms with Crippen molar-refractivity contribution in [2.75, 3.05) is 6.79 Å². The number of carbonyl (C=O) groups is 1. The highest BCUT2D eigenvalue weighted by atomic mass is 35.5. The molecule has 1 aromatic carbocycles. The van der Waals surface area contributed by atoms with Crippen molar-refractivity contribution in [3.8, 4) is 11.5 Å². The highest BCUT2D eigenvalue weighted by molar-refractivity contribution is 6.31. The maximum absolute atomic E-state index is 12.4. The SMILES string of the molecule is CCn1c(C(=O)CCCc2cc3c(cc2Cl)OCO3)cnc1C. The van der Waals surface area contributed by atoms with Crippen LogP contribution in [0.3, 0.4) is 0 Å². The van der Waals surface area contributed by atoms with Gasteiger partial charge in [0, 0.05) is 24.1 Å². The number of rotatable bonds is 6. The van der Waals surface area contributed by atoms with Crippen molar-refractivity contribution in [3.05, 3.63) is 40.4 Å². The Balaban J connectivity index is 1.62. The van der Waals surface area contributed by atoms with Crippen LogP contribution in [0.15, 0.2) is 18.3 Å². The lowest BCUT2D eigenvalue weighted by Gasteiger charge is -2.08. The quantitative estimate of drug-likeness (QED) is 0.754. The third-order valence-electron chi connectivity index (χ3n) is 4.05. The van der Waals surface area contributed by atoms with E-state index in [1.165, 1.54) is 0 Å². The van der Waals surface area contributed by atoms with Crippen LogP contribution in [0.1, 0.15) is 41.6 Å². The molecule has 0 amide bonds. The number of benzene rings is 1. The number of aryl methyl sites for hydroxylation is 2. The lowest BCUT2D eigenvalue weighted by molar-refractivity contribution is 0.0971. The topological polar surface area (TPSA) is 53.4 Å². The molecule has 1 aliphatic rings. The van der Waals surface area contributed by atoms with Gasteiger partial charge in [0.1, 0.15) is 11.5 Å². The Hall–Kier alpha value is -2.01. The smallest absolute Gasteiger partial charge is 0.231 e. The largest absolute Gasteiger partial charge is 0.454 e. The first kappa shape index (κ1) is 15.9. The summed E-state index contributed by atoms with van der Waals surface area (Å²) in [6, 6.07) is 3.67. The highest BCUT2D eigenvalue weighted by Gasteiger charge is 2.17. The molecule has 0 saturated carbocycles. The predicted octanol–water partition coefficient (Wildman–Crippen LogP) is 3.80. The molecule has 0 bridgehead atoms. The molecule has 0 spiro atoms. The Morgan fingerprint density at radius 2 is 2.09 bits per heavy atom. The van der Waals surface area contributed by atoms with Gasteiger partial charge in [-0.05, 0) is 38.3 Å². The normalized spacial score (nSPS) is 12.7. The van der Waals surface area contributed by atoms with Gasteiger partial charge in [-0.25, -0.2) is 4.98 Å². The van der Waals surface area contributed by atoms with Crippen LogP contribution in [-0.4, -0.2) is 22.1 Å². The summed E-state index contributed by atoms with van der Waals surface area (Å²) in [4.78, 5) is 16.6. The predicted molar refractivity (Wildman–Crippen MR) is 87.5 cm³/mol. The molecule has 1 aromatic heterocycles. The van der Waals surface area contributed by atoms with E-state index in [2.05, 4.69) is 4.98 Å². The molecular weight excluding hydrogens is 316 g/mol. The van der Waals surface area contributed by atoms with Crippen molar-refractivity contribution in [2.24, 2.45) is 0 Å². The number of nitrogens with zero attached hydrogens (tertiary/aromatic N) is 2. The molecule has 0 radical (unpaired) electrons. The van der Waals surface area contributed by atoms with Gasteiger partial charge in [0.15, 0.2) is 17.3 Å². The summed E-state index contributed by atoms with van der Waals surface area (Å²) in [5, 5.41) is 0.649. The van der Waals surface area contributed by atoms with E-state index in [0.717, 1.165) is 36.5 Å². The third-order valence-corrected chi connectivity index (χ3v) is 4.40. The van der Waals surface area contributed by atoms with Crippen LogP contribution < -0.4 is 9.47 Å². The molecule has 2 heterocycles. The van der Waals surface area contributed by atoms with E-state index in [9.17, 15) is 4.79 Å². The number of hydrogen-bond acceptors (Lipinski definition) is 4. The number of Topliss-reactive ketones (excluding diaryl/α,β-unsaturated/α-hetero) is 1. The number of halogens is 1. The van der Waals surface area contributed by atoms with Gasteiger partial charge in [-0.2, -0.15) is 0 Å². The molecule has 3 rings (SSSR count). The number of fused-ring (bicyclic) bond motifs is 1. The van der Waals surface area contributed by atoms with E-state index in [4.69, 9.17) is 21.1 Å². The van der Waals surface area contributed by atoms with Crippen molar-refractivity contribution in [2.45, 2.75) is 39.7 Å². The van der Waals surface area contributed by atoms with Gasteiger partial charge in [0.2, 0.25) is 6.79 Å². The molecular formula is C17H19ClN2O3. The van der Waals surface area contributed by atoms with Crippen LogP contribution in [0.5, 0.6) is 11.5 Å². The summed E-state index contributed by atoms with van der Waals surface area (Å²) in [5.74, 6) is 2.38. The second-order valence-corrected chi connectivity index (χ2v) is 5.92. The number of ether oxygens (including phenoxy) is 2. The summed E-state index contributed by atoms with van der Waals surface area (Å²) in [6.07, 6.45) is 3.58. The fourth-order valence-corrected chi connectivity index (χ4v) is 3.06. The molecule has 0 aliphatic carbocycles. The summed E-state index contributed by atoms with van der Waals surface area (Å²) in [6.45, 7) is 4.90. The van der Waals surface area contributed by atoms with E-state index in [1.54, 1.807) is 12.3 Å². The Bertz CT molecular complexity index is 740. The molecule has 2 aromatic rings. The van der Waals surface area contributed by atoms with Crippen molar-refractivity contribution < 1.29 is 14.3 Å². The molecule has 0 unspecified atom stereocenters. The zero-order valence-corrected chi connectivity index (χ0v) is 14.0. The van der Waals surface area contributed by atoms with Gasteiger partial charge in [0.05, 0.1) is 6.20 Å². The minimum atomic E-state index is 0.115. The van der Waals surface area contributed by atoms with Crippen LogP contribution in [0.25, 0.3) is 0 Å². The number of ketones is 1. The average Bonchev–Trinajstić information content (AvgIpc) is 3.12. The zero-order valence-electron chi connectivity index (χ0n) is 13.3. The lowest BCUT2D eigenvalue weighted by Crippen LogP contribution is -2.09. The molecule has 1 aliphatic heterocycles. The monoisotopic (exact) mass is 334 g/mol. The van der Waals surface area contributed by atoms with E-state index >= 15 is 0 Å². The minimum absolute atomic E-state index is 0.115. The Morgan fingerprint density at radius 1 is 1.35 bits per heavy atom. The molecule has 0 saturated heterocycles. The Kier molecular flexibility index (Phi) is 4.57. The lowest BCUT2D eigenvalue weighted by atomic mass is 10.0. The van der Waals surface area contributed by atoms with Gasteiger partial charge in [-0.15, -0.1) is 0 Å². The number of aromatic nitrogens is 2. The molecule has 0 fully saturated rings. The maximum atomic E-state index is 12.4. The van der Waals surface area contributed by atoms with E-state index in [-0.39, 0.29) is 12.6 Å². The first-order valence-corrected chi connectivity index (χ1v) is 8.11. The first-order valence-electron chi connectivity index (χ1n) is 7.73. The summed E-state index contributed by atoms with van der Waals surface area (Å²) < 4.78 is 12.6. The van der Waals surface area contributed by atoms with E-state index in [1.807, 2.05) is 24.5 Å². The molecule has 122 valence electrons. The van der Waals surface area contributed by atoms with Gasteiger partial charge in [0.25, 0.3) is 0 Å². The van der Waals surface area contributed by atoms with Crippen molar-refractivity contribution in [3.63, 3.8) is 0 Å². The summed E-state index contributed by atoms with van der Waals surface area (Å²) in [5.41, 5.74) is 1.66. The average molecular weight is 335 g/mol. The summed E-state index contributed by atoms with van der Waals surface area (Å²) >= 11 is 6.26. The maximum Gasteiger partial charge on any atom is 0.231 e. The fraction of sp³-hybridized carbons (Fsp3) is 0.412. The second kappa shape index (κ2) is 6.62. The van der Waals surface area contributed by atoms with E-state index in [0.29, 0.717) is 22.9 Å². The first-order chi connectivity index (χ1) is 11.1. The van der Waals surface area contributed by atoms with Crippen LogP contribution in [-0.2, 0) is 13.0 Å². The van der Waals surface area contributed by atoms with Gasteiger partial charge >= 0.3 is 0 Å². The Morgan fingerprint density at radius 3 is 2.83 bits per heavy atom. The van der Waals surface area contributed by atoms with Gasteiger partial charge in [-0.1, -0.05) is 11.6 Å². The number of imidazole rings is 1. The van der Waals surface area contributed by atoms with Crippen molar-refractivity contribution in [1.29, 1.82) is 0 Å². The summed E-state index contributed by atoms with van der Waals surface area (Å²) in [7, 11) is 0. The third kappa shape index (κ3) is 3.20. The standard InChI is InChI=1S/C17H19ClN2O3/c1-3-20-11(2)19-9-14(20)15(21)6-4-5-12-7-16-17(8-13(12)18)23-10-22-16/h7-9H,3-6,10H2,1-2H3. The second-order valence-electron chi connectivity index (χ2n) is 5.51. The van der Waals surface area contributed by atoms with Crippen LogP contribution in [0.2, 0.25) is 5.02 Å². The molecule has 6 heteroatoms. The molecule has 5 nitrogen and oxygen atoms in total. The zero-order chi connectivity index (χ0) is 16.4. The Labute approximate surface area is 140 Å². The van der Waals surface area contributed by atoms with Crippen LogP contribution >= 0.6 is 11.6 Å². The fourth-order valence-electron chi connectivity index (χ4n) is 2.81. The van der Waals surface area contributed by atoms with Gasteiger partial charge < -0.3 is 14.0 Å². The molecule has 23 heavy (non-hydrogen) atoms. The molecule has 0 atom stereocenters. The van der Waals surface area contributed by atoms with E-state index < -0.39 is 0 Å². The van der Waals surface area contributed by atoms with Crippen LogP contribution in [0.4, 0.5) is 0 Å². The van der Waals surface area contributed by atoms with Gasteiger partial charge in [-0.3, -0.25) is 4.79 Å². The van der Waals surface area contributed by atoms with Crippen LogP contribution in [0, 0.1) is 6.92 Å². The highest BCUT2D eigenvalue weighted by Crippen LogP contribution is 2.37. The van der Waals surface area contributed by atoms with Crippen molar-refractivity contribution in [1.82, 2.24) is 9.55 Å². The molecule has 0 N–H and O–H groups in total. The number of carbonyl (C=O) groups excluding carboxylic acids is 1. The minimum Gasteiger partial charge on any atom is -0.454 e.